The number of fused-ring (bicyclic) bond motifs is 1. The Morgan fingerprint density at radius 1 is 1.46 bits per heavy atom. The molecule has 0 amide bonds. The van der Waals surface area contributed by atoms with E-state index < -0.39 is 22.4 Å². The number of rotatable bonds is 3. The standard InChI is InChI=1S/C15H11ClFN3O4/c1-3-23-15(22)9-6-20(11-4-7(2)19-24-11)14-8(12(9)21)5-10(17)13(16)18-14/h4-6H,3H2,1-2H3. The minimum Gasteiger partial charge on any atom is -0.462 e. The summed E-state index contributed by atoms with van der Waals surface area (Å²) in [6, 6.07) is 2.49. The van der Waals surface area contributed by atoms with Gasteiger partial charge in [0, 0.05) is 12.3 Å². The van der Waals surface area contributed by atoms with E-state index in [4.69, 9.17) is 20.9 Å². The van der Waals surface area contributed by atoms with Crippen LogP contribution in [-0.4, -0.2) is 27.3 Å². The molecule has 0 bridgehead atoms. The van der Waals surface area contributed by atoms with Crippen LogP contribution >= 0.6 is 11.6 Å². The van der Waals surface area contributed by atoms with Crippen molar-refractivity contribution >= 4 is 28.6 Å². The van der Waals surface area contributed by atoms with Gasteiger partial charge in [0.25, 0.3) is 0 Å². The van der Waals surface area contributed by atoms with Crippen LogP contribution < -0.4 is 5.43 Å². The minimum absolute atomic E-state index is 0.0376. The van der Waals surface area contributed by atoms with Gasteiger partial charge in [0.05, 0.1) is 17.7 Å². The Labute approximate surface area is 139 Å². The fraction of sp³-hybridized carbons (Fsp3) is 0.200. The molecule has 0 aliphatic carbocycles. The fourth-order valence-corrected chi connectivity index (χ4v) is 2.32. The molecule has 0 saturated carbocycles. The second-order valence-electron chi connectivity index (χ2n) is 4.90. The van der Waals surface area contributed by atoms with E-state index in [1.807, 2.05) is 0 Å². The molecule has 3 aromatic rings. The van der Waals surface area contributed by atoms with E-state index in [-0.39, 0.29) is 29.1 Å². The Hall–Kier alpha value is -2.74. The number of hydrogen-bond donors (Lipinski definition) is 0. The van der Waals surface area contributed by atoms with Crippen LogP contribution in [0.15, 0.2) is 27.6 Å². The largest absolute Gasteiger partial charge is 0.462 e. The van der Waals surface area contributed by atoms with Crippen LogP contribution in [0.25, 0.3) is 16.9 Å². The molecule has 0 aliphatic heterocycles. The van der Waals surface area contributed by atoms with Crippen LogP contribution in [0, 0.1) is 12.7 Å². The molecule has 7 nitrogen and oxygen atoms in total. The van der Waals surface area contributed by atoms with E-state index in [9.17, 15) is 14.0 Å². The van der Waals surface area contributed by atoms with E-state index in [1.165, 1.54) is 10.8 Å². The van der Waals surface area contributed by atoms with Gasteiger partial charge >= 0.3 is 5.97 Å². The summed E-state index contributed by atoms with van der Waals surface area (Å²) in [4.78, 5) is 28.4. The van der Waals surface area contributed by atoms with Crippen molar-refractivity contribution < 1.29 is 18.4 Å². The van der Waals surface area contributed by atoms with Crippen LogP contribution in [0.4, 0.5) is 4.39 Å². The lowest BCUT2D eigenvalue weighted by molar-refractivity contribution is 0.0524. The summed E-state index contributed by atoms with van der Waals surface area (Å²) in [6.07, 6.45) is 1.21. The normalized spacial score (nSPS) is 11.0. The highest BCUT2D eigenvalue weighted by molar-refractivity contribution is 6.29. The molecule has 0 fully saturated rings. The van der Waals surface area contributed by atoms with Gasteiger partial charge in [0.15, 0.2) is 16.6 Å². The summed E-state index contributed by atoms with van der Waals surface area (Å²) in [5, 5.41) is 3.21. The summed E-state index contributed by atoms with van der Waals surface area (Å²) < 4.78 is 25.1. The third-order valence-electron chi connectivity index (χ3n) is 3.24. The number of aromatic nitrogens is 3. The lowest BCUT2D eigenvalue weighted by atomic mass is 10.2. The lowest BCUT2D eigenvalue weighted by Crippen LogP contribution is -2.21. The lowest BCUT2D eigenvalue weighted by Gasteiger charge is -2.10. The molecule has 3 rings (SSSR count). The Balaban J connectivity index is 2.40. The Morgan fingerprint density at radius 2 is 2.21 bits per heavy atom. The van der Waals surface area contributed by atoms with E-state index in [0.717, 1.165) is 6.07 Å². The highest BCUT2D eigenvalue weighted by Crippen LogP contribution is 2.21. The molecule has 0 saturated heterocycles. The number of nitrogens with zero attached hydrogens (tertiary/aromatic N) is 3. The van der Waals surface area contributed by atoms with Crippen molar-refractivity contribution in [1.82, 2.24) is 14.7 Å². The van der Waals surface area contributed by atoms with Crippen molar-refractivity contribution in [2.24, 2.45) is 0 Å². The quantitative estimate of drug-likeness (QED) is 0.532. The molecule has 3 heterocycles. The van der Waals surface area contributed by atoms with Gasteiger partial charge in [-0.05, 0) is 19.9 Å². The van der Waals surface area contributed by atoms with Crippen molar-refractivity contribution in [1.29, 1.82) is 0 Å². The van der Waals surface area contributed by atoms with E-state index in [2.05, 4.69) is 10.1 Å². The van der Waals surface area contributed by atoms with Gasteiger partial charge < -0.3 is 9.26 Å². The van der Waals surface area contributed by atoms with Crippen LogP contribution in [0.1, 0.15) is 23.0 Å². The Kier molecular flexibility index (Phi) is 4.06. The third kappa shape index (κ3) is 2.65. The SMILES string of the molecule is CCOC(=O)c1cn(-c2cc(C)no2)c2nc(Cl)c(F)cc2c1=O. The number of carbonyl (C=O) groups excluding carboxylic acids is 1. The number of aryl methyl sites for hydroxylation is 1. The third-order valence-corrected chi connectivity index (χ3v) is 3.50. The number of ether oxygens (including phenoxy) is 1. The van der Waals surface area contributed by atoms with Crippen LogP contribution in [0.2, 0.25) is 5.15 Å². The number of hydrogen-bond acceptors (Lipinski definition) is 6. The smallest absolute Gasteiger partial charge is 0.343 e. The molecule has 124 valence electrons. The molecule has 0 N–H and O–H groups in total. The van der Waals surface area contributed by atoms with Crippen LogP contribution in [0.3, 0.4) is 0 Å². The molecular formula is C15H11ClFN3O4. The zero-order chi connectivity index (χ0) is 17.4. The molecule has 0 aromatic carbocycles. The Bertz CT molecular complexity index is 1010. The molecule has 3 aromatic heterocycles. The predicted octanol–water partition coefficient (Wildman–Crippen LogP) is 2.65. The molecule has 9 heteroatoms. The topological polar surface area (TPSA) is 87.2 Å². The molecular weight excluding hydrogens is 341 g/mol. The van der Waals surface area contributed by atoms with Gasteiger partial charge in [0.2, 0.25) is 11.3 Å². The average molecular weight is 352 g/mol. The Morgan fingerprint density at radius 3 is 2.83 bits per heavy atom. The molecule has 0 atom stereocenters. The maximum atomic E-state index is 13.8. The van der Waals surface area contributed by atoms with Crippen molar-refractivity contribution in [3.63, 3.8) is 0 Å². The first-order valence-corrected chi connectivity index (χ1v) is 7.32. The molecule has 0 spiro atoms. The maximum absolute atomic E-state index is 13.8. The number of esters is 1. The second kappa shape index (κ2) is 6.04. The zero-order valence-corrected chi connectivity index (χ0v) is 13.4. The highest BCUT2D eigenvalue weighted by atomic mass is 35.5. The van der Waals surface area contributed by atoms with Crippen LogP contribution in [0.5, 0.6) is 0 Å². The van der Waals surface area contributed by atoms with Gasteiger partial charge in [-0.15, -0.1) is 0 Å². The molecule has 0 radical (unpaired) electrons. The minimum atomic E-state index is -0.873. The van der Waals surface area contributed by atoms with Gasteiger partial charge in [-0.25, -0.2) is 14.2 Å². The van der Waals surface area contributed by atoms with E-state index >= 15 is 0 Å². The number of carbonyl (C=O) groups is 1. The highest BCUT2D eigenvalue weighted by Gasteiger charge is 2.21. The zero-order valence-electron chi connectivity index (χ0n) is 12.7. The number of halogens is 2. The average Bonchev–Trinajstić information content (AvgIpc) is 2.96. The first kappa shape index (κ1) is 16.1. The van der Waals surface area contributed by atoms with Crippen molar-refractivity contribution in [2.75, 3.05) is 6.61 Å². The molecule has 0 unspecified atom stereocenters. The van der Waals surface area contributed by atoms with Crippen molar-refractivity contribution in [2.45, 2.75) is 13.8 Å². The van der Waals surface area contributed by atoms with Gasteiger partial charge in [-0.3, -0.25) is 9.36 Å². The van der Waals surface area contributed by atoms with Gasteiger partial charge in [-0.1, -0.05) is 16.8 Å². The second-order valence-corrected chi connectivity index (χ2v) is 5.26. The summed E-state index contributed by atoms with van der Waals surface area (Å²) >= 11 is 5.72. The fourth-order valence-electron chi connectivity index (χ4n) is 2.19. The summed E-state index contributed by atoms with van der Waals surface area (Å²) in [7, 11) is 0. The first-order valence-electron chi connectivity index (χ1n) is 6.94. The monoisotopic (exact) mass is 351 g/mol. The number of pyridine rings is 2. The van der Waals surface area contributed by atoms with E-state index in [0.29, 0.717) is 5.69 Å². The first-order chi connectivity index (χ1) is 11.4. The van der Waals surface area contributed by atoms with E-state index in [1.54, 1.807) is 19.9 Å². The van der Waals surface area contributed by atoms with Crippen molar-refractivity contribution in [3.05, 3.63) is 50.8 Å². The van der Waals surface area contributed by atoms with Crippen LogP contribution in [-0.2, 0) is 4.74 Å². The molecule has 0 aliphatic rings. The summed E-state index contributed by atoms with van der Waals surface area (Å²) in [5.74, 6) is -1.51. The maximum Gasteiger partial charge on any atom is 0.343 e. The summed E-state index contributed by atoms with van der Waals surface area (Å²) in [6.45, 7) is 3.40. The van der Waals surface area contributed by atoms with Gasteiger partial charge in [0.1, 0.15) is 5.56 Å². The summed E-state index contributed by atoms with van der Waals surface area (Å²) in [5.41, 5.74) is -0.376. The van der Waals surface area contributed by atoms with Gasteiger partial charge in [-0.2, -0.15) is 0 Å². The predicted molar refractivity (Wildman–Crippen MR) is 83.1 cm³/mol. The molecule has 24 heavy (non-hydrogen) atoms. The van der Waals surface area contributed by atoms with Crippen molar-refractivity contribution in [3.8, 4) is 5.88 Å².